The first-order valence-corrected chi connectivity index (χ1v) is 4.58. The zero-order chi connectivity index (χ0) is 11.3. The summed E-state index contributed by atoms with van der Waals surface area (Å²) in [5.74, 6) is -0.352. The first-order valence-electron chi connectivity index (χ1n) is 4.58. The van der Waals surface area contributed by atoms with Crippen molar-refractivity contribution in [2.45, 2.75) is 12.5 Å². The van der Waals surface area contributed by atoms with Crippen LogP contribution in [0.3, 0.4) is 0 Å². The molecule has 1 rings (SSSR count). The van der Waals surface area contributed by atoms with Crippen molar-refractivity contribution in [3.63, 3.8) is 0 Å². The van der Waals surface area contributed by atoms with Crippen molar-refractivity contribution >= 4 is 5.91 Å². The third-order valence-electron chi connectivity index (χ3n) is 2.17. The summed E-state index contributed by atoms with van der Waals surface area (Å²) >= 11 is 0. The normalized spacial score (nSPS) is 13.7. The Balaban J connectivity index is 2.84. The van der Waals surface area contributed by atoms with E-state index in [4.69, 9.17) is 11.0 Å². The first-order chi connectivity index (χ1) is 7.09. The van der Waals surface area contributed by atoms with Gasteiger partial charge in [0.2, 0.25) is 5.91 Å². The SMILES string of the molecule is CC(N)(C(=O)NCC#N)c1ccccc1. The van der Waals surface area contributed by atoms with E-state index >= 15 is 0 Å². The molecule has 0 aliphatic rings. The van der Waals surface area contributed by atoms with Crippen LogP contribution in [0.1, 0.15) is 12.5 Å². The summed E-state index contributed by atoms with van der Waals surface area (Å²) in [6.07, 6.45) is 0. The number of nitrogens with two attached hydrogens (primary N) is 1. The number of rotatable bonds is 3. The summed E-state index contributed by atoms with van der Waals surface area (Å²) in [4.78, 5) is 11.6. The highest BCUT2D eigenvalue weighted by molar-refractivity contribution is 5.87. The van der Waals surface area contributed by atoms with Crippen LogP contribution in [-0.4, -0.2) is 12.5 Å². The minimum Gasteiger partial charge on any atom is -0.341 e. The molecule has 1 amide bonds. The van der Waals surface area contributed by atoms with E-state index in [1.54, 1.807) is 19.1 Å². The predicted octanol–water partition coefficient (Wildman–Crippen LogP) is 0.500. The molecule has 1 atom stereocenters. The van der Waals surface area contributed by atoms with Crippen LogP contribution in [0, 0.1) is 11.3 Å². The van der Waals surface area contributed by atoms with E-state index in [0.717, 1.165) is 5.56 Å². The van der Waals surface area contributed by atoms with E-state index in [1.165, 1.54) is 0 Å². The number of hydrogen-bond acceptors (Lipinski definition) is 3. The van der Waals surface area contributed by atoms with Gasteiger partial charge in [0, 0.05) is 0 Å². The van der Waals surface area contributed by atoms with Crippen molar-refractivity contribution < 1.29 is 4.79 Å². The van der Waals surface area contributed by atoms with Gasteiger partial charge in [-0.1, -0.05) is 30.3 Å². The molecule has 0 aliphatic carbocycles. The molecule has 4 nitrogen and oxygen atoms in total. The average molecular weight is 203 g/mol. The molecule has 0 saturated heterocycles. The van der Waals surface area contributed by atoms with E-state index in [9.17, 15) is 4.79 Å². The Kier molecular flexibility index (Phi) is 3.42. The molecule has 1 aromatic carbocycles. The summed E-state index contributed by atoms with van der Waals surface area (Å²) in [6.45, 7) is 1.59. The second-order valence-electron chi connectivity index (χ2n) is 3.41. The van der Waals surface area contributed by atoms with Gasteiger partial charge in [-0.05, 0) is 12.5 Å². The quantitative estimate of drug-likeness (QED) is 0.702. The fraction of sp³-hybridized carbons (Fsp3) is 0.273. The zero-order valence-electron chi connectivity index (χ0n) is 8.53. The molecular weight excluding hydrogens is 190 g/mol. The maximum absolute atomic E-state index is 11.6. The lowest BCUT2D eigenvalue weighted by molar-refractivity contribution is -0.125. The van der Waals surface area contributed by atoms with Crippen LogP contribution >= 0.6 is 0 Å². The Labute approximate surface area is 88.7 Å². The van der Waals surface area contributed by atoms with Crippen LogP contribution in [0.15, 0.2) is 30.3 Å². The van der Waals surface area contributed by atoms with Crippen LogP contribution in [0.2, 0.25) is 0 Å². The van der Waals surface area contributed by atoms with Gasteiger partial charge in [0.05, 0.1) is 6.07 Å². The minimum absolute atomic E-state index is 0.0293. The smallest absolute Gasteiger partial charge is 0.245 e. The molecule has 3 N–H and O–H groups in total. The molecule has 0 radical (unpaired) electrons. The van der Waals surface area contributed by atoms with Crippen molar-refractivity contribution in [3.8, 4) is 6.07 Å². The lowest BCUT2D eigenvalue weighted by Crippen LogP contribution is -2.49. The van der Waals surface area contributed by atoms with E-state index in [0.29, 0.717) is 0 Å². The minimum atomic E-state index is -1.10. The molecule has 4 heteroatoms. The monoisotopic (exact) mass is 203 g/mol. The Morgan fingerprint density at radius 2 is 2.13 bits per heavy atom. The molecule has 0 fully saturated rings. The van der Waals surface area contributed by atoms with Gasteiger partial charge in [0.15, 0.2) is 0 Å². The molecule has 0 heterocycles. The van der Waals surface area contributed by atoms with Crippen molar-refractivity contribution in [2.75, 3.05) is 6.54 Å². The van der Waals surface area contributed by atoms with Crippen LogP contribution in [0.4, 0.5) is 0 Å². The molecule has 1 aromatic rings. The van der Waals surface area contributed by atoms with Crippen molar-refractivity contribution in [1.29, 1.82) is 5.26 Å². The molecule has 78 valence electrons. The average Bonchev–Trinajstić information content (AvgIpc) is 2.27. The van der Waals surface area contributed by atoms with E-state index in [-0.39, 0.29) is 12.5 Å². The summed E-state index contributed by atoms with van der Waals surface area (Å²) in [7, 11) is 0. The highest BCUT2D eigenvalue weighted by atomic mass is 16.2. The molecule has 0 aromatic heterocycles. The summed E-state index contributed by atoms with van der Waals surface area (Å²) in [6, 6.07) is 10.9. The van der Waals surface area contributed by atoms with Crippen LogP contribution in [0.25, 0.3) is 0 Å². The number of amides is 1. The summed E-state index contributed by atoms with van der Waals surface area (Å²) in [5.41, 5.74) is 5.52. The van der Waals surface area contributed by atoms with Gasteiger partial charge in [0.25, 0.3) is 0 Å². The number of nitriles is 1. The van der Waals surface area contributed by atoms with Crippen molar-refractivity contribution in [2.24, 2.45) is 5.73 Å². The number of carbonyl (C=O) groups excluding carboxylic acids is 1. The number of carbonyl (C=O) groups is 1. The van der Waals surface area contributed by atoms with E-state index in [2.05, 4.69) is 5.32 Å². The molecule has 0 aliphatic heterocycles. The Morgan fingerprint density at radius 3 is 2.67 bits per heavy atom. The Bertz CT molecular complexity index is 379. The van der Waals surface area contributed by atoms with Crippen molar-refractivity contribution in [3.05, 3.63) is 35.9 Å². The molecule has 0 saturated carbocycles. The molecule has 0 spiro atoms. The van der Waals surface area contributed by atoms with Crippen LogP contribution < -0.4 is 11.1 Å². The van der Waals surface area contributed by atoms with E-state index in [1.807, 2.05) is 24.3 Å². The highest BCUT2D eigenvalue weighted by Gasteiger charge is 2.29. The number of benzene rings is 1. The third-order valence-corrected chi connectivity index (χ3v) is 2.17. The molecule has 1 unspecified atom stereocenters. The topological polar surface area (TPSA) is 78.9 Å². The summed E-state index contributed by atoms with van der Waals surface area (Å²) < 4.78 is 0. The fourth-order valence-corrected chi connectivity index (χ4v) is 1.22. The number of nitrogens with one attached hydrogen (secondary N) is 1. The second kappa shape index (κ2) is 4.58. The maximum Gasteiger partial charge on any atom is 0.245 e. The zero-order valence-corrected chi connectivity index (χ0v) is 8.53. The van der Waals surface area contributed by atoms with Gasteiger partial charge in [-0.15, -0.1) is 0 Å². The third kappa shape index (κ3) is 2.55. The molecular formula is C11H13N3O. The first kappa shape index (κ1) is 11.2. The lowest BCUT2D eigenvalue weighted by Gasteiger charge is -2.23. The molecule has 0 bridgehead atoms. The van der Waals surface area contributed by atoms with Crippen LogP contribution in [0.5, 0.6) is 0 Å². The Hall–Kier alpha value is -1.86. The fourth-order valence-electron chi connectivity index (χ4n) is 1.22. The predicted molar refractivity (Wildman–Crippen MR) is 56.6 cm³/mol. The summed E-state index contributed by atoms with van der Waals surface area (Å²) in [5, 5.41) is 10.8. The maximum atomic E-state index is 11.6. The largest absolute Gasteiger partial charge is 0.341 e. The lowest BCUT2D eigenvalue weighted by atomic mass is 9.92. The van der Waals surface area contributed by atoms with E-state index < -0.39 is 5.54 Å². The van der Waals surface area contributed by atoms with Gasteiger partial charge in [-0.2, -0.15) is 5.26 Å². The Morgan fingerprint density at radius 1 is 1.53 bits per heavy atom. The molecule has 15 heavy (non-hydrogen) atoms. The van der Waals surface area contributed by atoms with Gasteiger partial charge in [0.1, 0.15) is 12.1 Å². The van der Waals surface area contributed by atoms with Crippen molar-refractivity contribution in [1.82, 2.24) is 5.32 Å². The highest BCUT2D eigenvalue weighted by Crippen LogP contribution is 2.16. The van der Waals surface area contributed by atoms with Gasteiger partial charge in [-0.25, -0.2) is 0 Å². The number of hydrogen-bond donors (Lipinski definition) is 2. The number of nitrogens with zero attached hydrogens (tertiary/aromatic N) is 1. The van der Waals surface area contributed by atoms with Crippen LogP contribution in [-0.2, 0) is 10.3 Å². The second-order valence-corrected chi connectivity index (χ2v) is 3.41. The standard InChI is InChI=1S/C11H13N3O/c1-11(13,10(15)14-8-7-12)9-5-3-2-4-6-9/h2-6H,8,13H2,1H3,(H,14,15). The van der Waals surface area contributed by atoms with Gasteiger partial charge < -0.3 is 11.1 Å². The van der Waals surface area contributed by atoms with Gasteiger partial charge >= 0.3 is 0 Å². The van der Waals surface area contributed by atoms with Gasteiger partial charge in [-0.3, -0.25) is 4.79 Å².